The van der Waals surface area contributed by atoms with Crippen LogP contribution >= 0.6 is 0 Å². The molecule has 0 aromatic heterocycles. The van der Waals surface area contributed by atoms with Gasteiger partial charge in [0.05, 0.1) is 6.42 Å². The van der Waals surface area contributed by atoms with E-state index in [1.165, 1.54) is 0 Å². The first-order valence-electron chi connectivity index (χ1n) is 8.24. The maximum atomic E-state index is 13.0. The maximum Gasteiger partial charge on any atom is 0.307 e. The Hall–Kier alpha value is -1.64. The van der Waals surface area contributed by atoms with Crippen molar-refractivity contribution in [3.8, 4) is 0 Å². The molecule has 128 valence electrons. The Morgan fingerprint density at radius 3 is 1.91 bits per heavy atom. The molecule has 0 spiro atoms. The van der Waals surface area contributed by atoms with Gasteiger partial charge in [-0.15, -0.1) is 0 Å². The van der Waals surface area contributed by atoms with Gasteiger partial charge in [0.2, 0.25) is 5.78 Å². The first kappa shape index (κ1) is 19.4. The summed E-state index contributed by atoms with van der Waals surface area (Å²) in [6, 6.07) is 3.99. The van der Waals surface area contributed by atoms with Crippen LogP contribution in [0.5, 0.6) is 0 Å². The molecule has 0 N–H and O–H groups in total. The van der Waals surface area contributed by atoms with Crippen LogP contribution in [-0.2, 0) is 9.53 Å². The fraction of sp³-hybridized carbons (Fsp3) is 0.600. The minimum absolute atomic E-state index is 0.0634. The van der Waals surface area contributed by atoms with Crippen LogP contribution in [0.15, 0.2) is 12.1 Å². The van der Waals surface area contributed by atoms with Crippen molar-refractivity contribution in [1.82, 2.24) is 0 Å². The van der Waals surface area contributed by atoms with Crippen molar-refractivity contribution in [2.45, 2.75) is 67.9 Å². The van der Waals surface area contributed by atoms with Crippen LogP contribution in [0.25, 0.3) is 0 Å². The topological polar surface area (TPSA) is 43.4 Å². The smallest absolute Gasteiger partial charge is 0.307 e. The summed E-state index contributed by atoms with van der Waals surface area (Å²) in [7, 11) is 0. The molecule has 1 atom stereocenters. The third-order valence-electron chi connectivity index (χ3n) is 3.72. The fourth-order valence-corrected chi connectivity index (χ4v) is 2.82. The molecule has 0 aliphatic carbocycles. The molecule has 23 heavy (non-hydrogen) atoms. The molecule has 0 saturated heterocycles. The van der Waals surface area contributed by atoms with Gasteiger partial charge in [-0.05, 0) is 43.2 Å². The Bertz CT molecular complexity index is 568. The Morgan fingerprint density at radius 2 is 1.52 bits per heavy atom. The summed E-state index contributed by atoms with van der Waals surface area (Å²) in [5, 5.41) is 0. The highest BCUT2D eigenvalue weighted by Crippen LogP contribution is 2.24. The number of aryl methyl sites for hydroxylation is 3. The third-order valence-corrected chi connectivity index (χ3v) is 3.72. The Balaban J connectivity index is 3.07. The molecular formula is C20H30O3. The highest BCUT2D eigenvalue weighted by Gasteiger charge is 2.30. The van der Waals surface area contributed by atoms with Crippen LogP contribution in [0.1, 0.15) is 68.1 Å². The van der Waals surface area contributed by atoms with Crippen molar-refractivity contribution >= 4 is 11.8 Å². The third kappa shape index (κ3) is 5.49. The van der Waals surface area contributed by atoms with E-state index in [0.717, 1.165) is 16.7 Å². The van der Waals surface area contributed by atoms with Crippen LogP contribution in [0.3, 0.4) is 0 Å². The van der Waals surface area contributed by atoms with E-state index in [2.05, 4.69) is 0 Å². The number of Topliss-reactive ketones (excluding diaryl/α,β-unsaturated/α-hetero) is 1. The van der Waals surface area contributed by atoms with Gasteiger partial charge >= 0.3 is 5.97 Å². The summed E-state index contributed by atoms with van der Waals surface area (Å²) in [5.74, 6) is -0.476. The molecule has 1 unspecified atom stereocenters. The number of rotatable bonds is 5. The number of esters is 1. The number of carbonyl (C=O) groups is 2. The van der Waals surface area contributed by atoms with Crippen molar-refractivity contribution in [3.05, 3.63) is 34.4 Å². The molecule has 0 aliphatic heterocycles. The molecule has 0 heterocycles. The molecule has 0 radical (unpaired) electrons. The van der Waals surface area contributed by atoms with Gasteiger partial charge in [-0.3, -0.25) is 9.59 Å². The van der Waals surface area contributed by atoms with Crippen molar-refractivity contribution < 1.29 is 14.3 Å². The highest BCUT2D eigenvalue weighted by atomic mass is 16.5. The van der Waals surface area contributed by atoms with Gasteiger partial charge < -0.3 is 4.74 Å². The van der Waals surface area contributed by atoms with E-state index in [9.17, 15) is 9.59 Å². The molecule has 0 aliphatic rings. The summed E-state index contributed by atoms with van der Waals surface area (Å²) >= 11 is 0. The van der Waals surface area contributed by atoms with Gasteiger partial charge in [0.15, 0.2) is 6.10 Å². The van der Waals surface area contributed by atoms with E-state index in [4.69, 9.17) is 4.74 Å². The fourth-order valence-electron chi connectivity index (χ4n) is 2.82. The van der Waals surface area contributed by atoms with E-state index < -0.39 is 6.10 Å². The number of hydrogen-bond donors (Lipinski definition) is 0. The van der Waals surface area contributed by atoms with E-state index >= 15 is 0 Å². The average Bonchev–Trinajstić information content (AvgIpc) is 2.31. The second-order valence-corrected chi connectivity index (χ2v) is 8.03. The average molecular weight is 318 g/mol. The predicted octanol–water partition coefficient (Wildman–Crippen LogP) is 4.80. The number of ketones is 1. The summed E-state index contributed by atoms with van der Waals surface area (Å²) in [4.78, 5) is 25.1. The second-order valence-electron chi connectivity index (χ2n) is 8.03. The van der Waals surface area contributed by atoms with Crippen molar-refractivity contribution in [3.63, 3.8) is 0 Å². The molecule has 3 nitrogen and oxygen atoms in total. The molecule has 0 fully saturated rings. The SMILES string of the molecule is Cc1cc(C)c(C(=O)C(OC(=O)CC(C)(C)C)C(C)C)c(C)c1. The van der Waals surface area contributed by atoms with E-state index in [1.54, 1.807) is 0 Å². The first-order chi connectivity index (χ1) is 10.4. The summed E-state index contributed by atoms with van der Waals surface area (Å²) in [6.45, 7) is 15.6. The molecular weight excluding hydrogens is 288 g/mol. The minimum Gasteiger partial charge on any atom is -0.454 e. The Kier molecular flexibility index (Phi) is 6.15. The molecule has 0 saturated carbocycles. The molecule has 0 bridgehead atoms. The van der Waals surface area contributed by atoms with Crippen LogP contribution in [0.4, 0.5) is 0 Å². The lowest BCUT2D eigenvalue weighted by molar-refractivity contribution is -0.150. The zero-order chi connectivity index (χ0) is 17.9. The zero-order valence-corrected chi connectivity index (χ0v) is 15.7. The van der Waals surface area contributed by atoms with E-state index in [-0.39, 0.29) is 23.1 Å². The van der Waals surface area contributed by atoms with E-state index in [1.807, 2.05) is 67.5 Å². The van der Waals surface area contributed by atoms with Crippen molar-refractivity contribution in [2.24, 2.45) is 11.3 Å². The number of hydrogen-bond acceptors (Lipinski definition) is 3. The lowest BCUT2D eigenvalue weighted by Crippen LogP contribution is -2.34. The van der Waals surface area contributed by atoms with Gasteiger partial charge in [0, 0.05) is 5.56 Å². The van der Waals surface area contributed by atoms with Crippen LogP contribution in [0, 0.1) is 32.1 Å². The largest absolute Gasteiger partial charge is 0.454 e. The summed E-state index contributed by atoms with van der Waals surface area (Å²) < 4.78 is 5.56. The number of ether oxygens (including phenoxy) is 1. The van der Waals surface area contributed by atoms with E-state index in [0.29, 0.717) is 12.0 Å². The highest BCUT2D eigenvalue weighted by molar-refractivity contribution is 6.03. The molecule has 1 aromatic rings. The van der Waals surface area contributed by atoms with Crippen molar-refractivity contribution in [2.75, 3.05) is 0 Å². The normalized spacial score (nSPS) is 13.1. The Morgan fingerprint density at radius 1 is 1.04 bits per heavy atom. The predicted molar refractivity (Wildman–Crippen MR) is 93.8 cm³/mol. The van der Waals surface area contributed by atoms with Gasteiger partial charge in [-0.2, -0.15) is 0 Å². The number of carbonyl (C=O) groups excluding carboxylic acids is 2. The molecule has 1 rings (SSSR count). The quantitative estimate of drug-likeness (QED) is 0.578. The summed E-state index contributed by atoms with van der Waals surface area (Å²) in [5.41, 5.74) is 3.52. The van der Waals surface area contributed by atoms with Gasteiger partial charge in [-0.25, -0.2) is 0 Å². The lowest BCUT2D eigenvalue weighted by Gasteiger charge is -2.24. The van der Waals surface area contributed by atoms with Gasteiger partial charge in [0.25, 0.3) is 0 Å². The number of benzene rings is 1. The maximum absolute atomic E-state index is 13.0. The van der Waals surface area contributed by atoms with Gasteiger partial charge in [0.1, 0.15) is 0 Å². The monoisotopic (exact) mass is 318 g/mol. The molecule has 1 aromatic carbocycles. The van der Waals surface area contributed by atoms with Crippen LogP contribution < -0.4 is 0 Å². The second kappa shape index (κ2) is 7.29. The minimum atomic E-state index is -0.732. The standard InChI is InChI=1S/C20H30O3/c1-12(2)19(23-16(21)11-20(6,7)8)18(22)17-14(4)9-13(3)10-15(17)5/h9-10,12,19H,11H2,1-8H3. The van der Waals surface area contributed by atoms with Crippen molar-refractivity contribution in [1.29, 1.82) is 0 Å². The molecule has 3 heteroatoms. The van der Waals surface area contributed by atoms with Crippen LogP contribution in [0.2, 0.25) is 0 Å². The lowest BCUT2D eigenvalue weighted by atomic mass is 9.90. The Labute approximate surface area is 140 Å². The summed E-state index contributed by atoms with van der Waals surface area (Å²) in [6.07, 6.45) is -0.431. The molecule has 0 amide bonds. The first-order valence-corrected chi connectivity index (χ1v) is 8.24. The van der Waals surface area contributed by atoms with Gasteiger partial charge in [-0.1, -0.05) is 52.3 Å². The zero-order valence-electron chi connectivity index (χ0n) is 15.7. The van der Waals surface area contributed by atoms with Crippen LogP contribution in [-0.4, -0.2) is 17.9 Å².